The number of aromatic carboxylic acids is 2. The van der Waals surface area contributed by atoms with Crippen molar-refractivity contribution in [3.8, 4) is 0 Å². The Morgan fingerprint density at radius 1 is 0.920 bits per heavy atom. The summed E-state index contributed by atoms with van der Waals surface area (Å²) in [6, 6.07) is 13.2. The van der Waals surface area contributed by atoms with Gasteiger partial charge in [0.2, 0.25) is 10.0 Å². The van der Waals surface area contributed by atoms with Crippen LogP contribution in [0, 0.1) is 6.92 Å². The number of carboxylic acids is 2. The number of hydrogen-bond acceptors (Lipinski definition) is 4. The third-order valence-corrected chi connectivity index (χ3v) is 3.96. The molecule has 2 aromatic rings. The van der Waals surface area contributed by atoms with Gasteiger partial charge in [0.25, 0.3) is 0 Å². The van der Waals surface area contributed by atoms with Crippen molar-refractivity contribution in [1.29, 1.82) is 0 Å². The largest absolute Gasteiger partial charge is 0.478 e. The molecule has 0 saturated carbocycles. The highest BCUT2D eigenvalue weighted by atomic mass is 32.2. The van der Waals surface area contributed by atoms with Crippen LogP contribution in [0.1, 0.15) is 31.8 Å². The number of carboxylic acid groups (broad SMARTS) is 2. The molecule has 4 N–H and O–H groups in total. The second-order valence-corrected chi connectivity index (χ2v) is 6.99. The molecule has 0 fully saturated rings. The van der Waals surface area contributed by atoms with E-state index in [1.165, 1.54) is 29.8 Å². The Morgan fingerprint density at radius 3 is 1.72 bits per heavy atom. The van der Waals surface area contributed by atoms with E-state index in [0.717, 1.165) is 5.56 Å². The van der Waals surface area contributed by atoms with Gasteiger partial charge in [-0.05, 0) is 31.0 Å². The number of carbonyl (C=O) groups is 2. The first-order valence-corrected chi connectivity index (χ1v) is 8.93. The lowest BCUT2D eigenvalue weighted by Crippen LogP contribution is -2.17. The normalized spacial score (nSPS) is 10.5. The number of primary sulfonamides is 1. The highest BCUT2D eigenvalue weighted by Gasteiger charge is 2.13. The molecule has 134 valence electrons. The van der Waals surface area contributed by atoms with Crippen molar-refractivity contribution in [3.05, 3.63) is 70.8 Å². The van der Waals surface area contributed by atoms with Crippen LogP contribution >= 0.6 is 0 Å². The highest BCUT2D eigenvalue weighted by Crippen LogP contribution is 2.08. The molecule has 25 heavy (non-hydrogen) atoms. The van der Waals surface area contributed by atoms with Gasteiger partial charge in [-0.1, -0.05) is 42.0 Å². The lowest BCUT2D eigenvalue weighted by molar-refractivity contribution is 0.0651. The molecule has 0 aliphatic carbocycles. The zero-order valence-electron chi connectivity index (χ0n) is 13.5. The molecule has 0 aromatic heterocycles. The van der Waals surface area contributed by atoms with E-state index in [1.54, 1.807) is 0 Å². The number of sulfonamides is 1. The Bertz CT molecular complexity index is 811. The van der Waals surface area contributed by atoms with Crippen molar-refractivity contribution in [1.82, 2.24) is 0 Å². The molecule has 0 atom stereocenters. The molecule has 0 heterocycles. The summed E-state index contributed by atoms with van der Waals surface area (Å²) in [7, 11) is -3.33. The number of hydrogen-bond donors (Lipinski definition) is 3. The van der Waals surface area contributed by atoms with Gasteiger partial charge >= 0.3 is 11.9 Å². The van der Waals surface area contributed by atoms with Crippen LogP contribution in [-0.2, 0) is 16.4 Å². The van der Waals surface area contributed by atoms with Gasteiger partial charge in [0.05, 0.1) is 16.9 Å². The molecule has 2 aromatic carbocycles. The Labute approximate surface area is 145 Å². The average molecular weight is 365 g/mol. The van der Waals surface area contributed by atoms with Crippen LogP contribution < -0.4 is 5.14 Å². The average Bonchev–Trinajstić information content (AvgIpc) is 2.54. The fourth-order valence-electron chi connectivity index (χ4n) is 1.87. The van der Waals surface area contributed by atoms with Crippen molar-refractivity contribution in [2.45, 2.75) is 13.3 Å². The predicted molar refractivity (Wildman–Crippen MR) is 93.2 cm³/mol. The fraction of sp³-hybridized carbons (Fsp3) is 0.176. The lowest BCUT2D eigenvalue weighted by atomic mass is 10.1. The van der Waals surface area contributed by atoms with E-state index in [9.17, 15) is 18.0 Å². The first kappa shape index (κ1) is 20.3. The van der Waals surface area contributed by atoms with Gasteiger partial charge in [-0.15, -0.1) is 0 Å². The second-order valence-electron chi connectivity index (χ2n) is 5.26. The monoisotopic (exact) mass is 365 g/mol. The van der Waals surface area contributed by atoms with Gasteiger partial charge in [0.15, 0.2) is 0 Å². The summed E-state index contributed by atoms with van der Waals surface area (Å²) < 4.78 is 21.3. The summed E-state index contributed by atoms with van der Waals surface area (Å²) >= 11 is 0. The molecule has 0 aliphatic rings. The maximum absolute atomic E-state index is 10.6. The Kier molecular flexibility index (Phi) is 7.28. The van der Waals surface area contributed by atoms with Gasteiger partial charge in [-0.25, -0.2) is 23.1 Å². The number of benzene rings is 2. The second kappa shape index (κ2) is 8.95. The van der Waals surface area contributed by atoms with Crippen molar-refractivity contribution in [2.24, 2.45) is 5.14 Å². The summed E-state index contributed by atoms with van der Waals surface area (Å²) in [6.07, 6.45) is 0.485. The van der Waals surface area contributed by atoms with Gasteiger partial charge in [-0.3, -0.25) is 0 Å². The molecule has 0 bridgehead atoms. The molecular formula is C17H19NO6S. The minimum atomic E-state index is -3.33. The molecule has 0 amide bonds. The van der Waals surface area contributed by atoms with E-state index in [1.807, 2.05) is 31.2 Å². The molecule has 0 unspecified atom stereocenters. The molecule has 8 heteroatoms. The van der Waals surface area contributed by atoms with Crippen LogP contribution in [0.3, 0.4) is 0 Å². The molecule has 0 spiro atoms. The van der Waals surface area contributed by atoms with Crippen LogP contribution in [0.15, 0.2) is 48.5 Å². The zero-order chi connectivity index (χ0) is 19.0. The fourth-order valence-corrected chi connectivity index (χ4v) is 2.39. The van der Waals surface area contributed by atoms with E-state index in [0.29, 0.717) is 6.42 Å². The van der Waals surface area contributed by atoms with E-state index < -0.39 is 22.0 Å². The Morgan fingerprint density at radius 2 is 1.36 bits per heavy atom. The molecule has 0 saturated heterocycles. The summed E-state index contributed by atoms with van der Waals surface area (Å²) in [6.45, 7) is 1.99. The SMILES string of the molecule is Cc1ccc(CCS(N)(=O)=O)cc1.O=C(O)c1ccccc1C(=O)O. The zero-order valence-corrected chi connectivity index (χ0v) is 14.4. The summed E-state index contributed by atoms with van der Waals surface area (Å²) in [4.78, 5) is 20.9. The van der Waals surface area contributed by atoms with Crippen LogP contribution in [0.4, 0.5) is 0 Å². The van der Waals surface area contributed by atoms with Crippen molar-refractivity contribution in [2.75, 3.05) is 5.75 Å². The smallest absolute Gasteiger partial charge is 0.336 e. The minimum absolute atomic E-state index is 0.00998. The van der Waals surface area contributed by atoms with Crippen LogP contribution in [0.25, 0.3) is 0 Å². The van der Waals surface area contributed by atoms with Crippen LogP contribution in [0.5, 0.6) is 0 Å². The molecular weight excluding hydrogens is 346 g/mol. The quantitative estimate of drug-likeness (QED) is 0.741. The van der Waals surface area contributed by atoms with Gasteiger partial charge in [0, 0.05) is 0 Å². The molecule has 7 nitrogen and oxygen atoms in total. The maximum Gasteiger partial charge on any atom is 0.336 e. The summed E-state index contributed by atoms with van der Waals surface area (Å²) in [5.41, 5.74) is 1.79. The molecule has 0 aliphatic heterocycles. The lowest BCUT2D eigenvalue weighted by Gasteiger charge is -2.00. The van der Waals surface area contributed by atoms with Crippen molar-refractivity contribution in [3.63, 3.8) is 0 Å². The molecule has 0 radical (unpaired) electrons. The third-order valence-electron chi connectivity index (χ3n) is 3.18. The summed E-state index contributed by atoms with van der Waals surface area (Å²) in [5.74, 6) is -2.45. The maximum atomic E-state index is 10.6. The van der Waals surface area contributed by atoms with Gasteiger partial charge in [0.1, 0.15) is 0 Å². The first-order valence-electron chi connectivity index (χ1n) is 7.22. The highest BCUT2D eigenvalue weighted by molar-refractivity contribution is 7.89. The van der Waals surface area contributed by atoms with E-state index >= 15 is 0 Å². The Hall–Kier alpha value is -2.71. The number of nitrogens with two attached hydrogens (primary N) is 1. The standard InChI is InChI=1S/C9H13NO2S.C8H6O4/c1-8-2-4-9(5-3-8)6-7-13(10,11)12;9-7(10)5-3-1-2-4-6(5)8(11)12/h2-5H,6-7H2,1H3,(H2,10,11,12);1-4H,(H,9,10)(H,11,12). The molecule has 2 rings (SSSR count). The first-order chi connectivity index (χ1) is 11.6. The van der Waals surface area contributed by atoms with Crippen LogP contribution in [-0.4, -0.2) is 36.3 Å². The number of aryl methyl sites for hydroxylation is 2. The van der Waals surface area contributed by atoms with E-state index in [-0.39, 0.29) is 16.9 Å². The topological polar surface area (TPSA) is 135 Å². The summed E-state index contributed by atoms with van der Waals surface area (Å²) in [5, 5.41) is 22.0. The Balaban J connectivity index is 0.000000251. The minimum Gasteiger partial charge on any atom is -0.478 e. The van der Waals surface area contributed by atoms with E-state index in [2.05, 4.69) is 0 Å². The van der Waals surface area contributed by atoms with Gasteiger partial charge in [-0.2, -0.15) is 0 Å². The van der Waals surface area contributed by atoms with Crippen molar-refractivity contribution < 1.29 is 28.2 Å². The third kappa shape index (κ3) is 7.60. The van der Waals surface area contributed by atoms with Gasteiger partial charge < -0.3 is 10.2 Å². The van der Waals surface area contributed by atoms with E-state index in [4.69, 9.17) is 15.4 Å². The predicted octanol–water partition coefficient (Wildman–Crippen LogP) is 1.91. The number of rotatable bonds is 5. The van der Waals surface area contributed by atoms with Crippen LogP contribution in [0.2, 0.25) is 0 Å². The van der Waals surface area contributed by atoms with Crippen molar-refractivity contribution >= 4 is 22.0 Å².